The van der Waals surface area contributed by atoms with E-state index >= 15 is 0 Å². The highest BCUT2D eigenvalue weighted by atomic mass is 35.5. The molecule has 0 amide bonds. The van der Waals surface area contributed by atoms with Gasteiger partial charge in [-0.05, 0) is 31.4 Å². The number of rotatable bonds is 8. The predicted molar refractivity (Wildman–Crippen MR) is 92.6 cm³/mol. The fourth-order valence-electron chi connectivity index (χ4n) is 3.01. The Morgan fingerprint density at radius 1 is 0.850 bits per heavy atom. The lowest BCUT2D eigenvalue weighted by Gasteiger charge is -2.27. The number of halogens is 3. The quantitative estimate of drug-likeness (QED) is 0.623. The van der Waals surface area contributed by atoms with Crippen LogP contribution in [0, 0.1) is 0 Å². The molecule has 0 fully saturated rings. The van der Waals surface area contributed by atoms with Crippen molar-refractivity contribution in [3.63, 3.8) is 0 Å². The highest BCUT2D eigenvalue weighted by molar-refractivity contribution is 7.75. The van der Waals surface area contributed by atoms with Gasteiger partial charge in [0, 0.05) is 22.9 Å². The minimum Gasteiger partial charge on any atom is -1.00 e. The Morgan fingerprint density at radius 2 is 1.25 bits per heavy atom. The van der Waals surface area contributed by atoms with Crippen LogP contribution in [0.1, 0.15) is 45.6 Å². The summed E-state index contributed by atoms with van der Waals surface area (Å²) in [6, 6.07) is 5.89. The second-order valence-corrected chi connectivity index (χ2v) is 10.5. The van der Waals surface area contributed by atoms with Gasteiger partial charge in [-0.1, -0.05) is 50.0 Å². The van der Waals surface area contributed by atoms with Gasteiger partial charge in [0.05, 0.1) is 24.6 Å². The van der Waals surface area contributed by atoms with Gasteiger partial charge in [-0.25, -0.2) is 0 Å². The van der Waals surface area contributed by atoms with E-state index in [9.17, 15) is 0 Å². The fraction of sp³-hybridized carbons (Fsp3) is 0.625. The summed E-state index contributed by atoms with van der Waals surface area (Å²) in [6.45, 7) is 6.90. The molecule has 0 spiro atoms. The Balaban J connectivity index is 0.00000361. The van der Waals surface area contributed by atoms with Crippen LogP contribution in [-0.2, 0) is 6.16 Å². The van der Waals surface area contributed by atoms with Crippen molar-refractivity contribution in [2.45, 2.75) is 46.2 Å². The van der Waals surface area contributed by atoms with Crippen LogP contribution >= 0.6 is 30.5 Å². The zero-order chi connectivity index (χ0) is 14.3. The van der Waals surface area contributed by atoms with E-state index in [2.05, 4.69) is 20.8 Å². The maximum atomic E-state index is 6.37. The van der Waals surface area contributed by atoms with Crippen LogP contribution in [0.2, 0.25) is 10.0 Å². The Bertz CT molecular complexity index is 356. The molecule has 0 saturated heterocycles. The third-order valence-electron chi connectivity index (χ3n) is 3.65. The van der Waals surface area contributed by atoms with Crippen LogP contribution in [0.5, 0.6) is 0 Å². The minimum atomic E-state index is -0.941. The summed E-state index contributed by atoms with van der Waals surface area (Å²) in [6.07, 6.45) is 9.06. The summed E-state index contributed by atoms with van der Waals surface area (Å²) in [5, 5.41) is 1.69. The molecule has 1 aromatic rings. The van der Waals surface area contributed by atoms with Gasteiger partial charge in [-0.3, -0.25) is 0 Å². The molecule has 0 heterocycles. The summed E-state index contributed by atoms with van der Waals surface area (Å²) < 4.78 is 0. The van der Waals surface area contributed by atoms with Crippen molar-refractivity contribution in [3.8, 4) is 0 Å². The first-order valence-corrected chi connectivity index (χ1v) is 10.6. The lowest BCUT2D eigenvalue weighted by molar-refractivity contribution is -0.00000409. The maximum Gasteiger partial charge on any atom is 0.0872 e. The molecule has 0 saturated carbocycles. The molecule has 0 atom stereocenters. The second-order valence-electron chi connectivity index (χ2n) is 5.37. The smallest absolute Gasteiger partial charge is 0.0872 e. The van der Waals surface area contributed by atoms with Gasteiger partial charge < -0.3 is 12.4 Å². The van der Waals surface area contributed by atoms with Crippen LogP contribution in [0.4, 0.5) is 0 Å². The zero-order valence-electron chi connectivity index (χ0n) is 12.8. The van der Waals surface area contributed by atoms with Crippen molar-refractivity contribution in [1.29, 1.82) is 0 Å². The Morgan fingerprint density at radius 3 is 1.60 bits per heavy atom. The maximum absolute atomic E-state index is 6.37. The van der Waals surface area contributed by atoms with Gasteiger partial charge in [-0.2, -0.15) is 0 Å². The molecule has 0 unspecified atom stereocenters. The highest BCUT2D eigenvalue weighted by Gasteiger charge is 2.36. The first kappa shape index (κ1) is 20.5. The van der Waals surface area contributed by atoms with Gasteiger partial charge in [0.2, 0.25) is 0 Å². The molecule has 0 aliphatic carbocycles. The van der Waals surface area contributed by atoms with E-state index in [-0.39, 0.29) is 12.4 Å². The molecule has 0 aliphatic rings. The van der Waals surface area contributed by atoms with Crippen LogP contribution in [0.25, 0.3) is 0 Å². The van der Waals surface area contributed by atoms with Crippen LogP contribution in [-0.4, -0.2) is 18.5 Å². The Labute approximate surface area is 141 Å². The predicted octanol–water partition coefficient (Wildman–Crippen LogP) is 3.75. The van der Waals surface area contributed by atoms with Gasteiger partial charge in [0.1, 0.15) is 0 Å². The molecule has 1 aromatic carbocycles. The van der Waals surface area contributed by atoms with Gasteiger partial charge >= 0.3 is 0 Å². The van der Waals surface area contributed by atoms with Crippen molar-refractivity contribution < 1.29 is 12.4 Å². The highest BCUT2D eigenvalue weighted by Crippen LogP contribution is 2.63. The molecule has 0 bridgehead atoms. The van der Waals surface area contributed by atoms with E-state index in [1.807, 2.05) is 18.2 Å². The summed E-state index contributed by atoms with van der Waals surface area (Å²) in [5.41, 5.74) is 1.19. The number of hydrogen-bond donors (Lipinski definition) is 0. The molecule has 0 aromatic heterocycles. The van der Waals surface area contributed by atoms with E-state index in [0.717, 1.165) is 16.2 Å². The standard InChI is InChI=1S/C16H26Cl2P.ClH/c1-4-10-19(11-5-2,12-6-3)13-14-15(17)8-7-9-16(14)18;/h7-9H,4-6,10-13H2,1-3H3;1H/q+1;/p-1. The Kier molecular flexibility index (Phi) is 10.5. The third kappa shape index (κ3) is 5.72. The van der Waals surface area contributed by atoms with Crippen molar-refractivity contribution in [1.82, 2.24) is 0 Å². The van der Waals surface area contributed by atoms with Crippen molar-refractivity contribution >= 4 is 30.5 Å². The molecular formula is C16H26Cl3P. The van der Waals surface area contributed by atoms with E-state index < -0.39 is 7.26 Å². The van der Waals surface area contributed by atoms with Crippen LogP contribution in [0.15, 0.2) is 18.2 Å². The largest absolute Gasteiger partial charge is 1.00 e. The van der Waals surface area contributed by atoms with Crippen LogP contribution in [0.3, 0.4) is 0 Å². The topological polar surface area (TPSA) is 0 Å². The molecule has 116 valence electrons. The molecule has 4 heteroatoms. The molecule has 20 heavy (non-hydrogen) atoms. The number of hydrogen-bond acceptors (Lipinski definition) is 0. The average Bonchev–Trinajstić information content (AvgIpc) is 2.35. The van der Waals surface area contributed by atoms with E-state index in [1.54, 1.807) is 0 Å². The van der Waals surface area contributed by atoms with Crippen LogP contribution < -0.4 is 12.4 Å². The lowest BCUT2D eigenvalue weighted by atomic mass is 10.2. The molecule has 0 aliphatic heterocycles. The fourth-order valence-corrected chi connectivity index (χ4v) is 8.73. The molecular weight excluding hydrogens is 330 g/mol. The van der Waals surface area contributed by atoms with Crippen molar-refractivity contribution in [2.24, 2.45) is 0 Å². The van der Waals surface area contributed by atoms with Crippen molar-refractivity contribution in [2.75, 3.05) is 18.5 Å². The molecule has 0 nitrogen and oxygen atoms in total. The summed E-state index contributed by atoms with van der Waals surface area (Å²) in [4.78, 5) is 0. The number of benzene rings is 1. The first-order chi connectivity index (χ1) is 9.08. The first-order valence-electron chi connectivity index (χ1n) is 7.36. The van der Waals surface area contributed by atoms with Crippen molar-refractivity contribution in [3.05, 3.63) is 33.8 Å². The lowest BCUT2D eigenvalue weighted by Crippen LogP contribution is -3.00. The normalized spacial score (nSPS) is 11.2. The van der Waals surface area contributed by atoms with E-state index in [4.69, 9.17) is 23.2 Å². The monoisotopic (exact) mass is 354 g/mol. The second kappa shape index (κ2) is 10.3. The summed E-state index contributed by atoms with van der Waals surface area (Å²) in [7, 11) is -0.941. The van der Waals surface area contributed by atoms with E-state index in [0.29, 0.717) is 0 Å². The third-order valence-corrected chi connectivity index (χ3v) is 9.53. The zero-order valence-corrected chi connectivity index (χ0v) is 15.9. The average molecular weight is 356 g/mol. The van der Waals surface area contributed by atoms with Gasteiger partial charge in [0.15, 0.2) is 0 Å². The SMILES string of the molecule is CCC[P+](CCC)(CCC)Cc1c(Cl)cccc1Cl.[Cl-]. The van der Waals surface area contributed by atoms with Gasteiger partial charge in [0.25, 0.3) is 0 Å². The summed E-state index contributed by atoms with van der Waals surface area (Å²) in [5.74, 6) is 0. The molecule has 0 N–H and O–H groups in total. The van der Waals surface area contributed by atoms with Gasteiger partial charge in [-0.15, -0.1) is 0 Å². The molecule has 0 radical (unpaired) electrons. The van der Waals surface area contributed by atoms with E-state index in [1.165, 1.54) is 43.3 Å². The molecule has 1 rings (SSSR count). The summed E-state index contributed by atoms with van der Waals surface area (Å²) >= 11 is 12.7. The Hall–Kier alpha value is 0.520. The minimum absolute atomic E-state index is 0.